The number of amides is 1. The van der Waals surface area contributed by atoms with Crippen molar-refractivity contribution < 1.29 is 32.6 Å². The summed E-state index contributed by atoms with van der Waals surface area (Å²) in [4.78, 5) is 22.5. The number of alkyl carbamates (subject to hydrolysis) is 1. The number of alkyl halides is 3. The van der Waals surface area contributed by atoms with E-state index in [0.29, 0.717) is 0 Å². The van der Waals surface area contributed by atoms with Crippen molar-refractivity contribution in [1.29, 1.82) is 0 Å². The minimum atomic E-state index is -4.61. The van der Waals surface area contributed by atoms with Crippen LogP contribution in [0.1, 0.15) is 29.9 Å². The molecule has 2 aromatic carbocycles. The fourth-order valence-electron chi connectivity index (χ4n) is 3.54. The van der Waals surface area contributed by atoms with Crippen LogP contribution in [0, 0.1) is 5.92 Å². The maximum Gasteiger partial charge on any atom is 0.407 e. The largest absolute Gasteiger partial charge is 0.481 e. The highest BCUT2D eigenvalue weighted by atomic mass is 19.4. The minimum absolute atomic E-state index is 0.00826. The van der Waals surface area contributed by atoms with Gasteiger partial charge in [-0.2, -0.15) is 13.2 Å². The molecule has 0 saturated heterocycles. The van der Waals surface area contributed by atoms with Gasteiger partial charge in [0.15, 0.2) is 0 Å². The van der Waals surface area contributed by atoms with E-state index in [1.54, 1.807) is 0 Å². The number of aliphatic carboxylic acids is 1. The van der Waals surface area contributed by atoms with Gasteiger partial charge in [0.05, 0.1) is 5.92 Å². The Balaban J connectivity index is 1.60. The number of halogens is 3. The maximum absolute atomic E-state index is 13.0. The van der Waals surface area contributed by atoms with E-state index in [1.807, 2.05) is 48.5 Å². The lowest BCUT2D eigenvalue weighted by Gasteiger charge is -2.20. The topological polar surface area (TPSA) is 75.6 Å². The lowest BCUT2D eigenvalue weighted by Crippen LogP contribution is -2.37. The third kappa shape index (κ3) is 4.88. The highest BCUT2D eigenvalue weighted by molar-refractivity contribution is 5.79. The van der Waals surface area contributed by atoms with E-state index in [1.165, 1.54) is 0 Å². The van der Waals surface area contributed by atoms with E-state index in [-0.39, 0.29) is 12.5 Å². The second-order valence-corrected chi connectivity index (χ2v) is 6.88. The van der Waals surface area contributed by atoms with Crippen LogP contribution in [0.25, 0.3) is 11.1 Å². The van der Waals surface area contributed by atoms with Gasteiger partial charge in [0.1, 0.15) is 6.61 Å². The summed E-state index contributed by atoms with van der Waals surface area (Å²) in [5, 5.41) is 10.7. The molecule has 154 valence electrons. The third-order valence-electron chi connectivity index (χ3n) is 5.01. The fraction of sp³-hybridized carbons (Fsp3) is 0.333. The summed E-state index contributed by atoms with van der Waals surface area (Å²) in [6, 6.07) is 15.4. The first kappa shape index (κ1) is 20.7. The standard InChI is InChI=1S/C21H20F3NO4/c22-21(23,24)13(9-10-19(26)27)11-25-20(28)29-12-18-16-7-3-1-5-14(16)15-6-2-4-8-17(15)18/h1-8,13,18H,9-12H2,(H,25,28)(H,26,27). The molecule has 29 heavy (non-hydrogen) atoms. The molecule has 8 heteroatoms. The van der Waals surface area contributed by atoms with Crippen LogP contribution < -0.4 is 5.32 Å². The minimum Gasteiger partial charge on any atom is -0.481 e. The molecule has 0 bridgehead atoms. The van der Waals surface area contributed by atoms with Crippen molar-refractivity contribution >= 4 is 12.1 Å². The number of hydrogen-bond acceptors (Lipinski definition) is 3. The van der Waals surface area contributed by atoms with Gasteiger partial charge in [-0.15, -0.1) is 0 Å². The fourth-order valence-corrected chi connectivity index (χ4v) is 3.54. The third-order valence-corrected chi connectivity index (χ3v) is 5.01. The summed E-state index contributed by atoms with van der Waals surface area (Å²) >= 11 is 0. The first-order valence-electron chi connectivity index (χ1n) is 9.14. The number of ether oxygens (including phenoxy) is 1. The number of benzene rings is 2. The molecular formula is C21H20F3NO4. The first-order valence-corrected chi connectivity index (χ1v) is 9.14. The van der Waals surface area contributed by atoms with Crippen LogP contribution >= 0.6 is 0 Å². The first-order chi connectivity index (χ1) is 13.8. The van der Waals surface area contributed by atoms with Crippen molar-refractivity contribution in [3.05, 3.63) is 59.7 Å². The van der Waals surface area contributed by atoms with Gasteiger partial charge in [0.25, 0.3) is 0 Å². The maximum atomic E-state index is 13.0. The van der Waals surface area contributed by atoms with Crippen LogP contribution in [0.4, 0.5) is 18.0 Å². The van der Waals surface area contributed by atoms with Gasteiger partial charge in [-0.1, -0.05) is 48.5 Å². The zero-order valence-corrected chi connectivity index (χ0v) is 15.4. The van der Waals surface area contributed by atoms with Crippen molar-refractivity contribution in [1.82, 2.24) is 5.32 Å². The molecular weight excluding hydrogens is 387 g/mol. The number of carbonyl (C=O) groups is 2. The van der Waals surface area contributed by atoms with Crippen LogP contribution in [-0.4, -0.2) is 36.5 Å². The number of hydrogen-bond donors (Lipinski definition) is 2. The quantitative estimate of drug-likeness (QED) is 0.705. The van der Waals surface area contributed by atoms with Gasteiger partial charge in [-0.25, -0.2) is 4.79 Å². The molecule has 0 heterocycles. The highest BCUT2D eigenvalue weighted by Crippen LogP contribution is 2.44. The molecule has 0 aromatic heterocycles. The number of fused-ring (bicyclic) bond motifs is 3. The van der Waals surface area contributed by atoms with Crippen LogP contribution in [-0.2, 0) is 9.53 Å². The summed E-state index contributed by atoms with van der Waals surface area (Å²) in [7, 11) is 0. The van der Waals surface area contributed by atoms with E-state index in [2.05, 4.69) is 5.32 Å². The smallest absolute Gasteiger partial charge is 0.407 e. The Kier molecular flexibility index (Phi) is 6.10. The summed E-state index contributed by atoms with van der Waals surface area (Å²) in [5.41, 5.74) is 4.08. The Hall–Kier alpha value is -3.03. The van der Waals surface area contributed by atoms with Crippen molar-refractivity contribution in [3.63, 3.8) is 0 Å². The SMILES string of the molecule is O=C(O)CCC(CNC(=O)OCC1c2ccccc2-c2ccccc21)C(F)(F)F. The normalized spacial score (nSPS) is 14.0. The van der Waals surface area contributed by atoms with Crippen molar-refractivity contribution in [2.75, 3.05) is 13.2 Å². The van der Waals surface area contributed by atoms with Gasteiger partial charge in [-0.3, -0.25) is 4.79 Å². The molecule has 0 saturated carbocycles. The summed E-state index contributed by atoms with van der Waals surface area (Å²) in [6.45, 7) is -0.737. The van der Waals surface area contributed by atoms with Gasteiger partial charge < -0.3 is 15.2 Å². The van der Waals surface area contributed by atoms with Crippen molar-refractivity contribution in [2.24, 2.45) is 5.92 Å². The monoisotopic (exact) mass is 407 g/mol. The second-order valence-electron chi connectivity index (χ2n) is 6.88. The Morgan fingerprint density at radius 3 is 2.10 bits per heavy atom. The molecule has 2 N–H and O–H groups in total. The van der Waals surface area contributed by atoms with Gasteiger partial charge in [0, 0.05) is 18.9 Å². The molecule has 0 fully saturated rings. The zero-order chi connectivity index (χ0) is 21.0. The molecule has 0 radical (unpaired) electrons. The molecule has 3 rings (SSSR count). The molecule has 0 spiro atoms. The summed E-state index contributed by atoms with van der Waals surface area (Å²) in [6.07, 6.45) is -6.80. The molecule has 2 aromatic rings. The summed E-state index contributed by atoms with van der Waals surface area (Å²) < 4.78 is 44.2. The number of carboxylic acids is 1. The number of rotatable bonds is 7. The predicted octanol–water partition coefficient (Wildman–Crippen LogP) is 4.57. The highest BCUT2D eigenvalue weighted by Gasteiger charge is 2.39. The van der Waals surface area contributed by atoms with E-state index in [4.69, 9.17) is 9.84 Å². The van der Waals surface area contributed by atoms with Crippen molar-refractivity contribution in [3.8, 4) is 11.1 Å². The number of nitrogens with one attached hydrogen (secondary N) is 1. The average molecular weight is 407 g/mol. The number of carbonyl (C=O) groups excluding carboxylic acids is 1. The van der Waals surface area contributed by atoms with Crippen molar-refractivity contribution in [2.45, 2.75) is 24.9 Å². The van der Waals surface area contributed by atoms with Crippen LogP contribution in [0.3, 0.4) is 0 Å². The molecule has 1 atom stereocenters. The second kappa shape index (κ2) is 8.55. The van der Waals surface area contributed by atoms with Gasteiger partial charge >= 0.3 is 18.2 Å². The van der Waals surface area contributed by atoms with E-state index in [9.17, 15) is 22.8 Å². The van der Waals surface area contributed by atoms with Crippen LogP contribution in [0.15, 0.2) is 48.5 Å². The molecule has 5 nitrogen and oxygen atoms in total. The lowest BCUT2D eigenvalue weighted by atomic mass is 9.98. The number of carboxylic acid groups (broad SMARTS) is 1. The molecule has 1 unspecified atom stereocenters. The zero-order valence-electron chi connectivity index (χ0n) is 15.4. The predicted molar refractivity (Wildman–Crippen MR) is 99.5 cm³/mol. The van der Waals surface area contributed by atoms with Gasteiger partial charge in [-0.05, 0) is 28.7 Å². The van der Waals surface area contributed by atoms with E-state index >= 15 is 0 Å². The Morgan fingerprint density at radius 2 is 1.59 bits per heavy atom. The molecule has 1 amide bonds. The average Bonchev–Trinajstić information content (AvgIpc) is 2.99. The van der Waals surface area contributed by atoms with Crippen LogP contribution in [0.5, 0.6) is 0 Å². The van der Waals surface area contributed by atoms with E-state index in [0.717, 1.165) is 22.3 Å². The summed E-state index contributed by atoms with van der Waals surface area (Å²) in [5.74, 6) is -3.46. The molecule has 0 aliphatic heterocycles. The Bertz CT molecular complexity index is 852. The van der Waals surface area contributed by atoms with Crippen LogP contribution in [0.2, 0.25) is 0 Å². The van der Waals surface area contributed by atoms with E-state index < -0.39 is 43.5 Å². The molecule has 1 aliphatic carbocycles. The van der Waals surface area contributed by atoms with Gasteiger partial charge in [0.2, 0.25) is 0 Å². The molecule has 1 aliphatic rings. The lowest BCUT2D eigenvalue weighted by molar-refractivity contribution is -0.175. The Labute approximate surface area is 165 Å². The Morgan fingerprint density at radius 1 is 1.03 bits per heavy atom.